The van der Waals surface area contributed by atoms with Gasteiger partial charge in [-0.2, -0.15) is 0 Å². The largest absolute Gasteiger partial charge is 0.489 e. The minimum atomic E-state index is -0.372. The molecule has 7 nitrogen and oxygen atoms in total. The zero-order valence-electron chi connectivity index (χ0n) is 21.5. The number of carbonyl (C=O) groups excluding carboxylic acids is 2. The molecule has 0 saturated heterocycles. The Balaban J connectivity index is 1.46. The molecule has 0 aliphatic rings. The summed E-state index contributed by atoms with van der Waals surface area (Å²) in [7, 11) is 0. The van der Waals surface area contributed by atoms with Crippen molar-refractivity contribution in [2.75, 3.05) is 17.7 Å². The van der Waals surface area contributed by atoms with Crippen molar-refractivity contribution in [3.8, 4) is 11.5 Å². The maximum Gasteiger partial charge on any atom is 0.306 e. The standard InChI is InChI=1S/C29H26Cl2N2O5S2/c1-2-36-26(34)11-12-39-27-16-32-29(40-27)33-28(35)21-13-22(37-17-19-7-3-5-9-24(19)30)15-23(14-21)38-18-20-8-4-6-10-25(20)31/h3-10,13-16H,2,11-12,17-18H2,1H3,(H,32,33,35). The van der Waals surface area contributed by atoms with Crippen LogP contribution < -0.4 is 14.8 Å². The molecule has 0 bridgehead atoms. The number of hydrogen-bond acceptors (Lipinski definition) is 8. The van der Waals surface area contributed by atoms with Gasteiger partial charge in [-0.05, 0) is 31.2 Å². The number of carbonyl (C=O) groups is 2. The Bertz CT molecular complexity index is 1400. The van der Waals surface area contributed by atoms with E-state index in [1.165, 1.54) is 23.1 Å². The second-order valence-corrected chi connectivity index (χ2v) is 11.5. The Morgan fingerprint density at radius 2 is 1.52 bits per heavy atom. The summed E-state index contributed by atoms with van der Waals surface area (Å²) in [5.41, 5.74) is 1.96. The van der Waals surface area contributed by atoms with Gasteiger partial charge in [-0.15, -0.1) is 11.8 Å². The maximum atomic E-state index is 13.2. The van der Waals surface area contributed by atoms with Gasteiger partial charge < -0.3 is 14.2 Å². The average molecular weight is 618 g/mol. The summed E-state index contributed by atoms with van der Waals surface area (Å²) in [6.07, 6.45) is 1.97. The van der Waals surface area contributed by atoms with E-state index < -0.39 is 0 Å². The molecule has 0 unspecified atom stereocenters. The molecule has 1 N–H and O–H groups in total. The van der Waals surface area contributed by atoms with Gasteiger partial charge in [0.1, 0.15) is 24.7 Å². The lowest BCUT2D eigenvalue weighted by Gasteiger charge is -2.13. The molecule has 0 radical (unpaired) electrons. The van der Waals surface area contributed by atoms with Crippen LogP contribution in [0.15, 0.2) is 77.1 Å². The van der Waals surface area contributed by atoms with Gasteiger partial charge in [0.2, 0.25) is 0 Å². The van der Waals surface area contributed by atoms with Crippen LogP contribution in [0.5, 0.6) is 11.5 Å². The van der Waals surface area contributed by atoms with E-state index in [4.69, 9.17) is 37.4 Å². The highest BCUT2D eigenvalue weighted by atomic mass is 35.5. The number of halogens is 2. The predicted molar refractivity (Wildman–Crippen MR) is 160 cm³/mol. The lowest BCUT2D eigenvalue weighted by atomic mass is 10.2. The van der Waals surface area contributed by atoms with E-state index in [-0.39, 0.29) is 25.1 Å². The van der Waals surface area contributed by atoms with Gasteiger partial charge in [0.15, 0.2) is 5.13 Å². The highest BCUT2D eigenvalue weighted by Gasteiger charge is 2.14. The van der Waals surface area contributed by atoms with Crippen LogP contribution in [0.1, 0.15) is 34.8 Å². The van der Waals surface area contributed by atoms with E-state index in [0.29, 0.717) is 51.0 Å². The summed E-state index contributed by atoms with van der Waals surface area (Å²) in [6, 6.07) is 19.8. The first-order chi connectivity index (χ1) is 19.4. The fraction of sp³-hybridized carbons (Fsp3) is 0.207. The predicted octanol–water partition coefficient (Wildman–Crippen LogP) is 7.91. The highest BCUT2D eigenvalue weighted by molar-refractivity contribution is 8.01. The molecule has 0 fully saturated rings. The number of thiazole rings is 1. The van der Waals surface area contributed by atoms with Crippen molar-refractivity contribution in [3.05, 3.63) is 99.7 Å². The van der Waals surface area contributed by atoms with E-state index in [1.807, 2.05) is 36.4 Å². The van der Waals surface area contributed by atoms with Crippen molar-refractivity contribution in [1.29, 1.82) is 0 Å². The first kappa shape index (κ1) is 29.7. The molecule has 208 valence electrons. The molecule has 0 atom stereocenters. The van der Waals surface area contributed by atoms with Crippen LogP contribution >= 0.6 is 46.3 Å². The van der Waals surface area contributed by atoms with Crippen LogP contribution in [0.2, 0.25) is 10.0 Å². The molecule has 1 aromatic heterocycles. The summed E-state index contributed by atoms with van der Waals surface area (Å²) < 4.78 is 17.8. The Labute approximate surface area is 250 Å². The van der Waals surface area contributed by atoms with Crippen molar-refractivity contribution in [1.82, 2.24) is 4.98 Å². The summed E-state index contributed by atoms with van der Waals surface area (Å²) >= 11 is 15.4. The van der Waals surface area contributed by atoms with E-state index in [0.717, 1.165) is 15.3 Å². The molecule has 40 heavy (non-hydrogen) atoms. The van der Waals surface area contributed by atoms with Crippen molar-refractivity contribution in [3.63, 3.8) is 0 Å². The smallest absolute Gasteiger partial charge is 0.306 e. The van der Waals surface area contributed by atoms with Gasteiger partial charge >= 0.3 is 5.97 Å². The van der Waals surface area contributed by atoms with Crippen molar-refractivity contribution >= 4 is 63.3 Å². The van der Waals surface area contributed by atoms with E-state index in [9.17, 15) is 9.59 Å². The highest BCUT2D eigenvalue weighted by Crippen LogP contribution is 2.30. The number of ether oxygens (including phenoxy) is 3. The molecule has 0 saturated carbocycles. The third-order valence-electron chi connectivity index (χ3n) is 5.41. The number of nitrogens with zero attached hydrogens (tertiary/aromatic N) is 1. The first-order valence-electron chi connectivity index (χ1n) is 12.3. The summed E-state index contributed by atoms with van der Waals surface area (Å²) in [6.45, 7) is 2.57. The molecule has 3 aromatic carbocycles. The quantitative estimate of drug-likeness (QED) is 0.121. The van der Waals surface area contributed by atoms with Crippen LogP contribution in [-0.4, -0.2) is 29.2 Å². The SMILES string of the molecule is CCOC(=O)CCSc1cnc(NC(=O)c2cc(OCc3ccccc3Cl)cc(OCc3ccccc3Cl)c2)s1. The second kappa shape index (κ2) is 14.9. The average Bonchev–Trinajstić information content (AvgIpc) is 3.39. The number of aromatic nitrogens is 1. The van der Waals surface area contributed by atoms with Gasteiger partial charge in [0.05, 0.1) is 23.4 Å². The van der Waals surface area contributed by atoms with Crippen LogP contribution in [0, 0.1) is 0 Å². The molecule has 4 rings (SSSR count). The molecule has 11 heteroatoms. The zero-order valence-corrected chi connectivity index (χ0v) is 24.7. The van der Waals surface area contributed by atoms with E-state index in [2.05, 4.69) is 10.3 Å². The topological polar surface area (TPSA) is 86.8 Å². The molecule has 1 heterocycles. The van der Waals surface area contributed by atoms with Crippen LogP contribution in [0.3, 0.4) is 0 Å². The fourth-order valence-electron chi connectivity index (χ4n) is 3.44. The van der Waals surface area contributed by atoms with Crippen molar-refractivity contribution in [2.24, 2.45) is 0 Å². The number of thioether (sulfide) groups is 1. The molecule has 0 aliphatic carbocycles. The second-order valence-electron chi connectivity index (χ2n) is 8.30. The Hall–Kier alpha value is -3.24. The lowest BCUT2D eigenvalue weighted by molar-refractivity contribution is -0.142. The normalized spacial score (nSPS) is 10.7. The van der Waals surface area contributed by atoms with Gasteiger partial charge in [0, 0.05) is 38.6 Å². The van der Waals surface area contributed by atoms with Gasteiger partial charge in [0.25, 0.3) is 5.91 Å². The van der Waals surface area contributed by atoms with Crippen LogP contribution in [0.4, 0.5) is 5.13 Å². The molecular weight excluding hydrogens is 591 g/mol. The van der Waals surface area contributed by atoms with Crippen molar-refractivity contribution < 1.29 is 23.8 Å². The summed E-state index contributed by atoms with van der Waals surface area (Å²) in [5, 5.41) is 4.44. The third-order valence-corrected chi connectivity index (χ3v) is 8.25. The minimum Gasteiger partial charge on any atom is -0.489 e. The Morgan fingerprint density at radius 3 is 2.10 bits per heavy atom. The number of esters is 1. The monoisotopic (exact) mass is 616 g/mol. The lowest BCUT2D eigenvalue weighted by Crippen LogP contribution is -2.12. The van der Waals surface area contributed by atoms with Gasteiger partial charge in [-0.1, -0.05) is 70.9 Å². The molecule has 4 aromatic rings. The number of rotatable bonds is 13. The van der Waals surface area contributed by atoms with E-state index >= 15 is 0 Å². The van der Waals surface area contributed by atoms with Crippen LogP contribution in [0.25, 0.3) is 0 Å². The Morgan fingerprint density at radius 1 is 0.925 bits per heavy atom. The summed E-state index contributed by atoms with van der Waals surface area (Å²) in [5.74, 6) is 0.832. The van der Waals surface area contributed by atoms with Crippen molar-refractivity contribution in [2.45, 2.75) is 30.8 Å². The first-order valence-corrected chi connectivity index (χ1v) is 14.9. The molecular formula is C29H26Cl2N2O5S2. The molecule has 1 amide bonds. The maximum absolute atomic E-state index is 13.2. The third kappa shape index (κ3) is 8.89. The fourth-order valence-corrected chi connectivity index (χ4v) is 5.69. The number of hydrogen-bond donors (Lipinski definition) is 1. The Kier molecular flexibility index (Phi) is 11.1. The zero-order chi connectivity index (χ0) is 28.3. The van der Waals surface area contributed by atoms with Gasteiger partial charge in [-0.3, -0.25) is 14.9 Å². The van der Waals surface area contributed by atoms with Crippen LogP contribution in [-0.2, 0) is 22.7 Å². The number of amides is 1. The number of anilines is 1. The number of benzene rings is 3. The molecule has 0 aliphatic heterocycles. The summed E-state index contributed by atoms with van der Waals surface area (Å²) in [4.78, 5) is 29.0. The minimum absolute atomic E-state index is 0.216. The van der Waals surface area contributed by atoms with E-state index in [1.54, 1.807) is 43.5 Å². The van der Waals surface area contributed by atoms with Gasteiger partial charge in [-0.25, -0.2) is 4.98 Å². The molecule has 0 spiro atoms. The number of nitrogens with one attached hydrogen (secondary N) is 1.